The Hall–Kier alpha value is -3.26. The second-order valence-corrected chi connectivity index (χ2v) is 10.5. The van der Waals surface area contributed by atoms with E-state index in [1.165, 1.54) is 0 Å². The fraction of sp³-hybridized carbons (Fsp3) is 0.357. The van der Waals surface area contributed by atoms with Crippen LogP contribution in [0.2, 0.25) is 5.02 Å². The fourth-order valence-corrected chi connectivity index (χ4v) is 5.15. The van der Waals surface area contributed by atoms with Crippen molar-refractivity contribution in [3.05, 3.63) is 81.2 Å². The minimum atomic E-state index is -4.60. The third-order valence-electron chi connectivity index (χ3n) is 6.55. The molecule has 1 atom stereocenters. The molecule has 0 radical (unpaired) electrons. The quantitative estimate of drug-likeness (QED) is 0.435. The van der Waals surface area contributed by atoms with Gasteiger partial charge in [-0.3, -0.25) is 9.59 Å². The van der Waals surface area contributed by atoms with Gasteiger partial charge in [0.05, 0.1) is 22.9 Å². The van der Waals surface area contributed by atoms with Crippen LogP contribution in [0.25, 0.3) is 0 Å². The Labute approximate surface area is 218 Å². The highest BCUT2D eigenvalue weighted by Gasteiger charge is 2.43. The summed E-state index contributed by atoms with van der Waals surface area (Å²) < 4.78 is 45.4. The molecule has 37 heavy (non-hydrogen) atoms. The lowest BCUT2D eigenvalue weighted by Gasteiger charge is -2.39. The van der Waals surface area contributed by atoms with Gasteiger partial charge in [0, 0.05) is 34.9 Å². The summed E-state index contributed by atoms with van der Waals surface area (Å²) in [6.07, 6.45) is -3.67. The number of anilines is 1. The number of hydrogen-bond acceptors (Lipinski definition) is 4. The number of Topliss-reactive ketones (excluding diaryl/α,β-unsaturated/α-hetero) is 1. The molecule has 4 rings (SSSR count). The first kappa shape index (κ1) is 26.8. The Morgan fingerprint density at radius 1 is 1.16 bits per heavy atom. The summed E-state index contributed by atoms with van der Waals surface area (Å²) in [5, 5.41) is 5.77. The molecule has 0 saturated heterocycles. The summed E-state index contributed by atoms with van der Waals surface area (Å²) in [4.78, 5) is 27.1. The molecule has 1 aliphatic heterocycles. The smallest absolute Gasteiger partial charge is 0.416 e. The van der Waals surface area contributed by atoms with E-state index in [0.29, 0.717) is 42.0 Å². The highest BCUT2D eigenvalue weighted by Crippen LogP contribution is 2.47. The SMILES string of the molecule is CCOc1ccc([C@H]2C(C(=O)Nc3cc(C(F)(F)F)ccc3Cl)=C(C)NC3=C2C(=O)CC(C)(C)C3)cc1. The molecule has 1 aliphatic carbocycles. The fourth-order valence-electron chi connectivity index (χ4n) is 4.98. The molecule has 0 unspecified atom stereocenters. The third kappa shape index (κ3) is 5.54. The monoisotopic (exact) mass is 532 g/mol. The molecular weight excluding hydrogens is 505 g/mol. The zero-order valence-corrected chi connectivity index (χ0v) is 21.7. The number of carbonyl (C=O) groups excluding carboxylic acids is 2. The van der Waals surface area contributed by atoms with Gasteiger partial charge in [-0.2, -0.15) is 13.2 Å². The van der Waals surface area contributed by atoms with Crippen molar-refractivity contribution in [2.45, 2.75) is 52.6 Å². The van der Waals surface area contributed by atoms with E-state index in [9.17, 15) is 22.8 Å². The highest BCUT2D eigenvalue weighted by molar-refractivity contribution is 6.34. The van der Waals surface area contributed by atoms with Crippen molar-refractivity contribution in [2.24, 2.45) is 5.41 Å². The summed E-state index contributed by atoms with van der Waals surface area (Å²) in [7, 11) is 0. The summed E-state index contributed by atoms with van der Waals surface area (Å²) in [5.74, 6) is -0.783. The number of nitrogens with one attached hydrogen (secondary N) is 2. The summed E-state index contributed by atoms with van der Waals surface area (Å²) >= 11 is 6.14. The van der Waals surface area contributed by atoms with Gasteiger partial charge in [-0.1, -0.05) is 37.6 Å². The molecule has 2 aliphatic rings. The van der Waals surface area contributed by atoms with Crippen LogP contribution in [0.1, 0.15) is 57.6 Å². The van der Waals surface area contributed by atoms with Gasteiger partial charge in [0.25, 0.3) is 5.91 Å². The van der Waals surface area contributed by atoms with Crippen LogP contribution in [-0.4, -0.2) is 18.3 Å². The Morgan fingerprint density at radius 3 is 2.46 bits per heavy atom. The minimum Gasteiger partial charge on any atom is -0.494 e. The molecule has 1 amide bonds. The van der Waals surface area contributed by atoms with Crippen molar-refractivity contribution in [3.8, 4) is 5.75 Å². The molecule has 0 saturated carbocycles. The largest absolute Gasteiger partial charge is 0.494 e. The zero-order chi connectivity index (χ0) is 27.1. The lowest BCUT2D eigenvalue weighted by atomic mass is 9.68. The van der Waals surface area contributed by atoms with Gasteiger partial charge in [-0.25, -0.2) is 0 Å². The lowest BCUT2D eigenvalue weighted by molar-refractivity contribution is -0.137. The maximum Gasteiger partial charge on any atom is 0.416 e. The molecule has 2 aromatic carbocycles. The molecule has 0 aromatic heterocycles. The number of halogens is 4. The number of ether oxygens (including phenoxy) is 1. The van der Waals surface area contributed by atoms with E-state index in [1.54, 1.807) is 31.2 Å². The number of amides is 1. The molecule has 1 heterocycles. The van der Waals surface area contributed by atoms with E-state index >= 15 is 0 Å². The number of alkyl halides is 3. The molecule has 9 heteroatoms. The number of rotatable bonds is 5. The van der Waals surface area contributed by atoms with Gasteiger partial charge < -0.3 is 15.4 Å². The number of carbonyl (C=O) groups is 2. The van der Waals surface area contributed by atoms with Crippen molar-refractivity contribution < 1.29 is 27.5 Å². The molecule has 5 nitrogen and oxygen atoms in total. The summed E-state index contributed by atoms with van der Waals surface area (Å²) in [6, 6.07) is 9.90. The van der Waals surface area contributed by atoms with Gasteiger partial charge in [0.2, 0.25) is 0 Å². The van der Waals surface area contributed by atoms with E-state index in [1.807, 2.05) is 20.8 Å². The van der Waals surface area contributed by atoms with E-state index in [4.69, 9.17) is 16.3 Å². The first-order chi connectivity index (χ1) is 17.3. The molecule has 196 valence electrons. The molecular formula is C28H28ClF3N2O3. The first-order valence-corrected chi connectivity index (χ1v) is 12.3. The Morgan fingerprint density at radius 2 is 1.84 bits per heavy atom. The number of benzene rings is 2. The van der Waals surface area contributed by atoms with Crippen molar-refractivity contribution in [2.75, 3.05) is 11.9 Å². The van der Waals surface area contributed by atoms with Crippen LogP contribution in [-0.2, 0) is 15.8 Å². The predicted octanol–water partition coefficient (Wildman–Crippen LogP) is 7.00. The standard InChI is InChI=1S/C28H28ClF3N2O3/c1-5-37-18-9-6-16(7-10-18)24-23(15(2)33-21-13-27(3,4)14-22(35)25(21)24)26(36)34-20-12-17(28(30,31)32)8-11-19(20)29/h6-12,24,33H,5,13-14H2,1-4H3,(H,34,36)/t24-/m0/s1. The van der Waals surface area contributed by atoms with Gasteiger partial charge in [0.15, 0.2) is 5.78 Å². The maximum atomic E-state index is 13.6. The normalized spacial score (nSPS) is 19.4. The van der Waals surface area contributed by atoms with Crippen molar-refractivity contribution in [1.29, 1.82) is 0 Å². The highest BCUT2D eigenvalue weighted by atomic mass is 35.5. The number of allylic oxidation sites excluding steroid dienone is 3. The van der Waals surface area contributed by atoms with Crippen LogP contribution < -0.4 is 15.4 Å². The van der Waals surface area contributed by atoms with Crippen LogP contribution in [0.4, 0.5) is 18.9 Å². The van der Waals surface area contributed by atoms with Crippen molar-refractivity contribution >= 4 is 29.0 Å². The van der Waals surface area contributed by atoms with Crippen LogP contribution in [0.3, 0.4) is 0 Å². The van der Waals surface area contributed by atoms with E-state index in [0.717, 1.165) is 23.9 Å². The number of ketones is 1. The van der Waals surface area contributed by atoms with E-state index in [2.05, 4.69) is 10.6 Å². The van der Waals surface area contributed by atoms with Crippen LogP contribution in [0.15, 0.2) is 65.0 Å². The van der Waals surface area contributed by atoms with Crippen LogP contribution >= 0.6 is 11.6 Å². The third-order valence-corrected chi connectivity index (χ3v) is 6.88. The molecule has 2 aromatic rings. The molecule has 0 bridgehead atoms. The Kier molecular flexibility index (Phi) is 7.16. The molecule has 0 spiro atoms. The average Bonchev–Trinajstić information content (AvgIpc) is 2.78. The number of hydrogen-bond donors (Lipinski definition) is 2. The zero-order valence-electron chi connectivity index (χ0n) is 21.0. The summed E-state index contributed by atoms with van der Waals surface area (Å²) in [6.45, 7) is 8.10. The first-order valence-electron chi connectivity index (χ1n) is 12.0. The number of dihydropyridines is 1. The molecule has 2 N–H and O–H groups in total. The Balaban J connectivity index is 1.78. The van der Waals surface area contributed by atoms with Gasteiger partial charge in [-0.15, -0.1) is 0 Å². The predicted molar refractivity (Wildman–Crippen MR) is 136 cm³/mol. The topological polar surface area (TPSA) is 67.4 Å². The molecule has 0 fully saturated rings. The van der Waals surface area contributed by atoms with Gasteiger partial charge in [-0.05, 0) is 61.6 Å². The van der Waals surface area contributed by atoms with Crippen LogP contribution in [0, 0.1) is 5.41 Å². The van der Waals surface area contributed by atoms with Crippen molar-refractivity contribution in [3.63, 3.8) is 0 Å². The minimum absolute atomic E-state index is 0.0311. The lowest BCUT2D eigenvalue weighted by Crippen LogP contribution is -2.39. The van der Waals surface area contributed by atoms with E-state index < -0.39 is 23.6 Å². The van der Waals surface area contributed by atoms with Gasteiger partial charge >= 0.3 is 6.18 Å². The van der Waals surface area contributed by atoms with E-state index in [-0.39, 0.29) is 27.5 Å². The second-order valence-electron chi connectivity index (χ2n) is 10.1. The van der Waals surface area contributed by atoms with Gasteiger partial charge in [0.1, 0.15) is 5.75 Å². The summed E-state index contributed by atoms with van der Waals surface area (Å²) in [5.41, 5.74) is 1.36. The van der Waals surface area contributed by atoms with Crippen LogP contribution in [0.5, 0.6) is 5.75 Å². The average molecular weight is 533 g/mol. The Bertz CT molecular complexity index is 1310. The van der Waals surface area contributed by atoms with Crippen molar-refractivity contribution in [1.82, 2.24) is 5.32 Å². The second kappa shape index (κ2) is 9.89. The maximum absolute atomic E-state index is 13.6.